The van der Waals surface area contributed by atoms with Crippen LogP contribution in [0.2, 0.25) is 0 Å². The van der Waals surface area contributed by atoms with Crippen LogP contribution in [0.25, 0.3) is 10.9 Å². The molecule has 0 saturated heterocycles. The van der Waals surface area contributed by atoms with Crippen LogP contribution in [-0.4, -0.2) is 10.9 Å². The van der Waals surface area contributed by atoms with Crippen LogP contribution in [0.15, 0.2) is 28.9 Å². The highest BCUT2D eigenvalue weighted by Crippen LogP contribution is 2.24. The topological polar surface area (TPSA) is 22.0 Å². The van der Waals surface area contributed by atoms with Gasteiger partial charge in [-0.3, -0.25) is 4.79 Å². The van der Waals surface area contributed by atoms with Crippen molar-refractivity contribution in [3.05, 3.63) is 34.4 Å². The van der Waals surface area contributed by atoms with Gasteiger partial charge in [-0.25, -0.2) is 0 Å². The van der Waals surface area contributed by atoms with Crippen LogP contribution in [0, 0.1) is 5.92 Å². The van der Waals surface area contributed by atoms with Crippen molar-refractivity contribution in [3.63, 3.8) is 0 Å². The van der Waals surface area contributed by atoms with Gasteiger partial charge >= 0.3 is 0 Å². The lowest BCUT2D eigenvalue weighted by Gasteiger charge is -2.08. The fraction of sp³-hybridized carbons (Fsp3) is 0.308. The number of rotatable bonds is 3. The Hall–Kier alpha value is -1.09. The van der Waals surface area contributed by atoms with E-state index in [1.54, 1.807) is 0 Å². The fourth-order valence-corrected chi connectivity index (χ4v) is 2.28. The van der Waals surface area contributed by atoms with Crippen LogP contribution in [0.4, 0.5) is 0 Å². The summed E-state index contributed by atoms with van der Waals surface area (Å²) in [5.74, 6) is 0.564. The molecule has 0 spiro atoms. The number of hydrogen-bond donors (Lipinski definition) is 0. The summed E-state index contributed by atoms with van der Waals surface area (Å²) >= 11 is 3.46. The molecule has 0 bridgehead atoms. The quantitative estimate of drug-likeness (QED) is 0.782. The molecule has 0 saturated carbocycles. The molecule has 16 heavy (non-hydrogen) atoms. The molecular weight excluding hydrogens is 266 g/mol. The molecule has 0 atom stereocenters. The van der Waals surface area contributed by atoms with E-state index in [4.69, 9.17) is 0 Å². The number of carbonyl (C=O) groups is 1. The van der Waals surface area contributed by atoms with Crippen molar-refractivity contribution in [1.29, 1.82) is 0 Å². The van der Waals surface area contributed by atoms with E-state index in [2.05, 4.69) is 40.4 Å². The van der Waals surface area contributed by atoms with Crippen LogP contribution in [0.5, 0.6) is 0 Å². The highest BCUT2D eigenvalue weighted by Gasteiger charge is 2.09. The average Bonchev–Trinajstić information content (AvgIpc) is 2.55. The van der Waals surface area contributed by atoms with Crippen LogP contribution in [-0.2, 0) is 6.54 Å². The largest absolute Gasteiger partial charge is 0.346 e. The van der Waals surface area contributed by atoms with Gasteiger partial charge in [0.25, 0.3) is 0 Å². The van der Waals surface area contributed by atoms with E-state index in [1.165, 1.54) is 0 Å². The summed E-state index contributed by atoms with van der Waals surface area (Å²) < 4.78 is 3.19. The highest BCUT2D eigenvalue weighted by atomic mass is 79.9. The third kappa shape index (κ3) is 2.05. The Balaban J connectivity index is 2.64. The molecule has 3 heteroatoms. The molecule has 0 amide bonds. The first-order chi connectivity index (χ1) is 7.61. The van der Waals surface area contributed by atoms with E-state index in [-0.39, 0.29) is 0 Å². The number of halogens is 1. The first kappa shape index (κ1) is 11.4. The summed E-state index contributed by atoms with van der Waals surface area (Å²) in [6.07, 6.45) is 2.86. The van der Waals surface area contributed by atoms with Crippen LogP contribution < -0.4 is 0 Å². The zero-order valence-electron chi connectivity index (χ0n) is 9.40. The molecule has 1 aromatic carbocycles. The number of aldehydes is 1. The maximum Gasteiger partial charge on any atom is 0.152 e. The molecule has 84 valence electrons. The number of nitrogens with zero attached hydrogens (tertiary/aromatic N) is 1. The molecule has 2 nitrogen and oxygen atoms in total. The Morgan fingerprint density at radius 1 is 1.44 bits per heavy atom. The van der Waals surface area contributed by atoms with Gasteiger partial charge in [0.05, 0.1) is 0 Å². The molecule has 1 aromatic heterocycles. The molecule has 0 aliphatic carbocycles. The predicted molar refractivity (Wildman–Crippen MR) is 69.9 cm³/mol. The van der Waals surface area contributed by atoms with Crippen LogP contribution >= 0.6 is 15.9 Å². The maximum atomic E-state index is 11.0. The van der Waals surface area contributed by atoms with Gasteiger partial charge in [-0.2, -0.15) is 0 Å². The van der Waals surface area contributed by atoms with Gasteiger partial charge in [0.15, 0.2) is 6.29 Å². The van der Waals surface area contributed by atoms with Crippen molar-refractivity contribution < 1.29 is 4.79 Å². The van der Waals surface area contributed by atoms with E-state index >= 15 is 0 Å². The lowest BCUT2D eigenvalue weighted by atomic mass is 10.2. The molecule has 0 radical (unpaired) electrons. The molecule has 0 unspecified atom stereocenters. The van der Waals surface area contributed by atoms with Gasteiger partial charge in [-0.15, -0.1) is 0 Å². The predicted octanol–water partition coefficient (Wildman–Crippen LogP) is 3.87. The molecule has 2 aromatic rings. The second kappa shape index (κ2) is 4.42. The Kier molecular flexibility index (Phi) is 3.15. The Bertz CT molecular complexity index is 528. The third-order valence-electron chi connectivity index (χ3n) is 2.56. The zero-order chi connectivity index (χ0) is 11.7. The van der Waals surface area contributed by atoms with Crippen molar-refractivity contribution in [1.82, 2.24) is 4.57 Å². The number of aromatic nitrogens is 1. The summed E-state index contributed by atoms with van der Waals surface area (Å²) in [6, 6.07) is 6.01. The minimum atomic E-state index is 0.564. The van der Waals surface area contributed by atoms with Gasteiger partial charge in [-0.1, -0.05) is 35.8 Å². The fourth-order valence-electron chi connectivity index (χ4n) is 1.93. The van der Waals surface area contributed by atoms with Crippen molar-refractivity contribution in [2.45, 2.75) is 20.4 Å². The number of fused-ring (bicyclic) bond motifs is 1. The molecule has 1 heterocycles. The summed E-state index contributed by atoms with van der Waals surface area (Å²) in [6.45, 7) is 5.27. The van der Waals surface area contributed by atoms with E-state index < -0.39 is 0 Å². The van der Waals surface area contributed by atoms with E-state index in [1.807, 2.05) is 18.3 Å². The van der Waals surface area contributed by atoms with Crippen LogP contribution in [0.3, 0.4) is 0 Å². The van der Waals surface area contributed by atoms with Gasteiger partial charge in [0, 0.05) is 33.7 Å². The second-order valence-electron chi connectivity index (χ2n) is 4.41. The van der Waals surface area contributed by atoms with E-state index in [0.717, 1.165) is 33.8 Å². The average molecular weight is 280 g/mol. The van der Waals surface area contributed by atoms with Crippen molar-refractivity contribution in [2.75, 3.05) is 0 Å². The monoisotopic (exact) mass is 279 g/mol. The second-order valence-corrected chi connectivity index (χ2v) is 5.33. The normalized spacial score (nSPS) is 11.2. The molecule has 0 N–H and O–H groups in total. The van der Waals surface area contributed by atoms with E-state index in [0.29, 0.717) is 5.92 Å². The number of carbonyl (C=O) groups excluding carboxylic acids is 1. The SMILES string of the molecule is CC(C)Cn1cc(C=O)c2ccc(Br)cc21. The smallest absolute Gasteiger partial charge is 0.152 e. The summed E-state index contributed by atoms with van der Waals surface area (Å²) in [7, 11) is 0. The summed E-state index contributed by atoms with van der Waals surface area (Å²) in [5, 5.41) is 1.03. The van der Waals surface area contributed by atoms with Crippen molar-refractivity contribution in [3.8, 4) is 0 Å². The zero-order valence-corrected chi connectivity index (χ0v) is 11.0. The minimum absolute atomic E-state index is 0.564. The number of benzene rings is 1. The van der Waals surface area contributed by atoms with Crippen molar-refractivity contribution >= 4 is 33.1 Å². The summed E-state index contributed by atoms with van der Waals surface area (Å²) in [5.41, 5.74) is 1.88. The van der Waals surface area contributed by atoms with Gasteiger partial charge in [0.2, 0.25) is 0 Å². The Morgan fingerprint density at radius 3 is 2.81 bits per heavy atom. The molecule has 0 aliphatic heterocycles. The highest BCUT2D eigenvalue weighted by molar-refractivity contribution is 9.10. The maximum absolute atomic E-state index is 11.0. The lowest BCUT2D eigenvalue weighted by molar-refractivity contribution is 0.112. The van der Waals surface area contributed by atoms with Gasteiger partial charge in [0.1, 0.15) is 0 Å². The first-order valence-electron chi connectivity index (χ1n) is 5.35. The first-order valence-corrected chi connectivity index (χ1v) is 6.14. The molecule has 0 aliphatic rings. The number of hydrogen-bond acceptors (Lipinski definition) is 1. The van der Waals surface area contributed by atoms with Gasteiger partial charge < -0.3 is 4.57 Å². The molecule has 0 fully saturated rings. The third-order valence-corrected chi connectivity index (χ3v) is 3.06. The van der Waals surface area contributed by atoms with Crippen LogP contribution in [0.1, 0.15) is 24.2 Å². The standard InChI is InChI=1S/C13H14BrNO/c1-9(2)6-15-7-10(8-16)12-4-3-11(14)5-13(12)15/h3-5,7-9H,6H2,1-2H3. The summed E-state index contributed by atoms with van der Waals surface area (Å²) in [4.78, 5) is 11.0. The lowest BCUT2D eigenvalue weighted by Crippen LogP contribution is -2.02. The van der Waals surface area contributed by atoms with Gasteiger partial charge in [-0.05, 0) is 18.1 Å². The molecular formula is C13H14BrNO. The molecule has 2 rings (SSSR count). The Labute approximate surface area is 103 Å². The van der Waals surface area contributed by atoms with E-state index in [9.17, 15) is 4.79 Å². The Morgan fingerprint density at radius 2 is 2.19 bits per heavy atom. The minimum Gasteiger partial charge on any atom is -0.346 e. The van der Waals surface area contributed by atoms with Crippen molar-refractivity contribution in [2.24, 2.45) is 5.92 Å².